The van der Waals surface area contributed by atoms with Crippen LogP contribution in [0.2, 0.25) is 0 Å². The smallest absolute Gasteiger partial charge is 0.255 e. The Morgan fingerprint density at radius 1 is 1.38 bits per heavy atom. The van der Waals surface area contributed by atoms with Crippen LogP contribution in [0.5, 0.6) is 5.75 Å². The first kappa shape index (κ1) is 17.9. The van der Waals surface area contributed by atoms with Crippen LogP contribution in [0.15, 0.2) is 35.4 Å². The van der Waals surface area contributed by atoms with Gasteiger partial charge in [-0.25, -0.2) is 8.42 Å². The Labute approximate surface area is 141 Å². The van der Waals surface area contributed by atoms with E-state index in [1.165, 1.54) is 26.2 Å². The second-order valence-electron chi connectivity index (χ2n) is 5.29. The zero-order chi connectivity index (χ0) is 17.9. The summed E-state index contributed by atoms with van der Waals surface area (Å²) in [6, 6.07) is 6.39. The summed E-state index contributed by atoms with van der Waals surface area (Å²) in [5, 5.41) is 2.76. The molecule has 0 fully saturated rings. The van der Waals surface area contributed by atoms with Crippen molar-refractivity contribution in [3.63, 3.8) is 0 Å². The van der Waals surface area contributed by atoms with Gasteiger partial charge in [0.2, 0.25) is 0 Å². The van der Waals surface area contributed by atoms with Crippen molar-refractivity contribution in [2.24, 2.45) is 7.05 Å². The van der Waals surface area contributed by atoms with Gasteiger partial charge in [-0.1, -0.05) is 6.92 Å². The van der Waals surface area contributed by atoms with Crippen LogP contribution < -0.4 is 15.8 Å². The third-order valence-corrected chi connectivity index (χ3v) is 5.56. The molecule has 2 rings (SSSR count). The number of nitrogens with zero attached hydrogens (tertiary/aromatic N) is 1. The highest BCUT2D eigenvalue weighted by Gasteiger charge is 2.22. The number of aromatic nitrogens is 1. The van der Waals surface area contributed by atoms with Gasteiger partial charge in [0, 0.05) is 25.0 Å². The highest BCUT2D eigenvalue weighted by Crippen LogP contribution is 2.29. The molecule has 0 aliphatic carbocycles. The molecule has 0 radical (unpaired) electrons. The molecular formula is C16H21N3O4S. The van der Waals surface area contributed by atoms with E-state index in [4.69, 9.17) is 10.5 Å². The van der Waals surface area contributed by atoms with E-state index < -0.39 is 15.7 Å². The summed E-state index contributed by atoms with van der Waals surface area (Å²) in [4.78, 5) is 12.4. The topological polar surface area (TPSA) is 103 Å². The van der Waals surface area contributed by atoms with E-state index in [9.17, 15) is 13.2 Å². The van der Waals surface area contributed by atoms with Crippen molar-refractivity contribution in [3.05, 3.63) is 41.7 Å². The first-order valence-corrected chi connectivity index (χ1v) is 9.04. The van der Waals surface area contributed by atoms with Crippen molar-refractivity contribution in [1.29, 1.82) is 0 Å². The Morgan fingerprint density at radius 3 is 2.62 bits per heavy atom. The molecule has 1 heterocycles. The molecule has 1 aromatic heterocycles. The summed E-state index contributed by atoms with van der Waals surface area (Å²) in [7, 11) is -0.268. The predicted octanol–water partition coefficient (Wildman–Crippen LogP) is 1.34. The fourth-order valence-corrected chi connectivity index (χ4v) is 3.32. The van der Waals surface area contributed by atoms with Crippen molar-refractivity contribution < 1.29 is 17.9 Å². The number of nitrogen functional groups attached to an aromatic ring is 1. The van der Waals surface area contributed by atoms with E-state index in [2.05, 4.69) is 5.32 Å². The van der Waals surface area contributed by atoms with E-state index >= 15 is 0 Å². The Morgan fingerprint density at radius 2 is 2.08 bits per heavy atom. The average molecular weight is 351 g/mol. The molecule has 130 valence electrons. The van der Waals surface area contributed by atoms with Gasteiger partial charge in [0.15, 0.2) is 9.84 Å². The van der Waals surface area contributed by atoms with Crippen LogP contribution in [0.4, 0.5) is 5.69 Å². The van der Waals surface area contributed by atoms with Crippen molar-refractivity contribution in [1.82, 2.24) is 9.88 Å². The van der Waals surface area contributed by atoms with Crippen molar-refractivity contribution in [2.45, 2.75) is 18.4 Å². The minimum Gasteiger partial charge on any atom is -0.496 e. The second-order valence-corrected chi connectivity index (χ2v) is 7.53. The maximum atomic E-state index is 12.5. The summed E-state index contributed by atoms with van der Waals surface area (Å²) in [6.07, 6.45) is 1.87. The lowest BCUT2D eigenvalue weighted by Crippen LogP contribution is -2.25. The van der Waals surface area contributed by atoms with E-state index in [1.807, 2.05) is 29.9 Å². The van der Waals surface area contributed by atoms with Crippen LogP contribution in [0.25, 0.3) is 0 Å². The molecule has 8 heteroatoms. The number of amides is 1. The average Bonchev–Trinajstić information content (AvgIpc) is 2.97. The number of carbonyl (C=O) groups excluding carboxylic acids is 1. The third-order valence-electron chi connectivity index (χ3n) is 3.77. The summed E-state index contributed by atoms with van der Waals surface area (Å²) >= 11 is 0. The van der Waals surface area contributed by atoms with E-state index in [-0.39, 0.29) is 27.6 Å². The van der Waals surface area contributed by atoms with Crippen LogP contribution >= 0.6 is 0 Å². The Balaban J connectivity index is 2.35. The van der Waals surface area contributed by atoms with Gasteiger partial charge in [0.1, 0.15) is 5.75 Å². The van der Waals surface area contributed by atoms with Crippen LogP contribution in [0, 0.1) is 0 Å². The van der Waals surface area contributed by atoms with Gasteiger partial charge in [-0.2, -0.15) is 0 Å². The summed E-state index contributed by atoms with van der Waals surface area (Å²) in [5.41, 5.74) is 6.92. The quantitative estimate of drug-likeness (QED) is 0.765. The zero-order valence-electron chi connectivity index (χ0n) is 13.9. The SMILES string of the molecule is CCS(=O)(=O)c1cc(C(=O)NCc2cccn2C)c(OC)cc1N. The van der Waals surface area contributed by atoms with Crippen LogP contribution in [-0.4, -0.2) is 31.8 Å². The monoisotopic (exact) mass is 351 g/mol. The Bertz CT molecular complexity index is 856. The Kier molecular flexibility index (Phi) is 5.18. The first-order chi connectivity index (χ1) is 11.3. The molecule has 0 unspecified atom stereocenters. The molecule has 1 aromatic carbocycles. The van der Waals surface area contributed by atoms with Gasteiger partial charge in [0.05, 0.1) is 35.6 Å². The predicted molar refractivity (Wildman–Crippen MR) is 91.7 cm³/mol. The van der Waals surface area contributed by atoms with Crippen molar-refractivity contribution in [3.8, 4) is 5.75 Å². The molecule has 0 spiro atoms. The number of hydrogen-bond acceptors (Lipinski definition) is 5. The minimum absolute atomic E-state index is 0.0604. The van der Waals surface area contributed by atoms with Crippen LogP contribution in [0.3, 0.4) is 0 Å². The summed E-state index contributed by atoms with van der Waals surface area (Å²) in [6.45, 7) is 1.83. The zero-order valence-corrected chi connectivity index (χ0v) is 14.7. The highest BCUT2D eigenvalue weighted by atomic mass is 32.2. The normalized spacial score (nSPS) is 11.3. The molecule has 1 amide bonds. The molecule has 0 saturated heterocycles. The van der Waals surface area contributed by atoms with E-state index in [0.717, 1.165) is 5.69 Å². The van der Waals surface area contributed by atoms with E-state index in [0.29, 0.717) is 6.54 Å². The molecule has 0 saturated carbocycles. The molecular weight excluding hydrogens is 330 g/mol. The number of carbonyl (C=O) groups is 1. The third kappa shape index (κ3) is 3.53. The lowest BCUT2D eigenvalue weighted by molar-refractivity contribution is 0.0947. The molecule has 7 nitrogen and oxygen atoms in total. The Hall–Kier alpha value is -2.48. The fraction of sp³-hybridized carbons (Fsp3) is 0.312. The number of sulfone groups is 1. The van der Waals surface area contributed by atoms with Gasteiger partial charge in [0.25, 0.3) is 5.91 Å². The number of nitrogens with two attached hydrogens (primary N) is 1. The number of methoxy groups -OCH3 is 1. The standard InChI is InChI=1S/C16H21N3O4S/c1-4-24(21,22)15-8-12(14(23-3)9-13(15)17)16(20)18-10-11-6-5-7-19(11)2/h5-9H,4,10,17H2,1-3H3,(H,18,20). The maximum Gasteiger partial charge on any atom is 0.255 e. The number of nitrogens with one attached hydrogen (secondary N) is 1. The number of rotatable bonds is 6. The van der Waals surface area contributed by atoms with Crippen LogP contribution in [0.1, 0.15) is 23.0 Å². The number of ether oxygens (including phenoxy) is 1. The second kappa shape index (κ2) is 6.96. The van der Waals surface area contributed by atoms with Gasteiger partial charge in [-0.3, -0.25) is 4.79 Å². The maximum absolute atomic E-state index is 12.5. The highest BCUT2D eigenvalue weighted by molar-refractivity contribution is 7.91. The van der Waals surface area contributed by atoms with Crippen molar-refractivity contribution >= 4 is 21.4 Å². The van der Waals surface area contributed by atoms with Gasteiger partial charge in [-0.05, 0) is 18.2 Å². The fourth-order valence-electron chi connectivity index (χ4n) is 2.29. The molecule has 0 bridgehead atoms. The first-order valence-electron chi connectivity index (χ1n) is 7.38. The largest absolute Gasteiger partial charge is 0.496 e. The molecule has 0 aliphatic rings. The molecule has 24 heavy (non-hydrogen) atoms. The molecule has 3 N–H and O–H groups in total. The van der Waals surface area contributed by atoms with Crippen molar-refractivity contribution in [2.75, 3.05) is 18.6 Å². The summed E-state index contributed by atoms with van der Waals surface area (Å²) < 4.78 is 31.3. The molecule has 2 aromatic rings. The number of anilines is 1. The van der Waals surface area contributed by atoms with Crippen LogP contribution in [-0.2, 0) is 23.4 Å². The number of benzene rings is 1. The number of aryl methyl sites for hydroxylation is 1. The number of hydrogen-bond donors (Lipinski definition) is 2. The van der Waals surface area contributed by atoms with Gasteiger partial charge >= 0.3 is 0 Å². The lowest BCUT2D eigenvalue weighted by atomic mass is 10.1. The molecule has 0 aliphatic heterocycles. The molecule has 0 atom stereocenters. The van der Waals surface area contributed by atoms with Gasteiger partial charge in [-0.15, -0.1) is 0 Å². The van der Waals surface area contributed by atoms with Gasteiger partial charge < -0.3 is 20.4 Å². The van der Waals surface area contributed by atoms with E-state index in [1.54, 1.807) is 0 Å². The summed E-state index contributed by atoms with van der Waals surface area (Å²) in [5.74, 6) is -0.305. The lowest BCUT2D eigenvalue weighted by Gasteiger charge is -2.13. The minimum atomic E-state index is -3.54.